The molecule has 2 aliphatic rings. The van der Waals surface area contributed by atoms with Gasteiger partial charge in [-0.25, -0.2) is 8.42 Å². The van der Waals surface area contributed by atoms with Crippen LogP contribution >= 0.6 is 0 Å². The molecule has 1 aromatic carbocycles. The molecule has 2 N–H and O–H groups in total. The summed E-state index contributed by atoms with van der Waals surface area (Å²) in [6, 6.07) is 6.79. The topological polar surface area (TPSA) is 104 Å². The van der Waals surface area contributed by atoms with Crippen molar-refractivity contribution in [3.05, 3.63) is 29.8 Å². The number of carboxylic acid groups (broad SMARTS) is 1. The summed E-state index contributed by atoms with van der Waals surface area (Å²) >= 11 is 0. The number of hydrogen-bond acceptors (Lipinski definition) is 4. The van der Waals surface area contributed by atoms with E-state index in [1.54, 1.807) is 31.2 Å². The number of hydrogen-bond donors (Lipinski definition) is 2. The van der Waals surface area contributed by atoms with Crippen molar-refractivity contribution >= 4 is 21.9 Å². The van der Waals surface area contributed by atoms with Gasteiger partial charge in [0.25, 0.3) is 0 Å². The van der Waals surface area contributed by atoms with Gasteiger partial charge in [0.2, 0.25) is 15.9 Å². The van der Waals surface area contributed by atoms with Gasteiger partial charge in [0, 0.05) is 19.5 Å². The molecule has 0 unspecified atom stereocenters. The molecule has 1 atom stereocenters. The fraction of sp³-hybridized carbons (Fsp3) is 0.500. The number of benzene rings is 1. The average molecular weight is 352 g/mol. The van der Waals surface area contributed by atoms with E-state index < -0.39 is 27.4 Å². The van der Waals surface area contributed by atoms with Gasteiger partial charge in [0.15, 0.2) is 0 Å². The molecular weight excluding hydrogens is 332 g/mol. The molecule has 2 heterocycles. The Kier molecular flexibility index (Phi) is 4.13. The summed E-state index contributed by atoms with van der Waals surface area (Å²) in [6.45, 7) is 2.14. The zero-order valence-electron chi connectivity index (χ0n) is 13.4. The van der Waals surface area contributed by atoms with E-state index in [1.165, 1.54) is 4.31 Å². The highest BCUT2D eigenvalue weighted by Crippen LogP contribution is 2.38. The molecule has 130 valence electrons. The quantitative estimate of drug-likeness (QED) is 0.835. The van der Waals surface area contributed by atoms with Gasteiger partial charge in [-0.15, -0.1) is 0 Å². The number of nitrogens with one attached hydrogen (secondary N) is 1. The largest absolute Gasteiger partial charge is 0.481 e. The van der Waals surface area contributed by atoms with Crippen LogP contribution in [-0.4, -0.2) is 48.3 Å². The number of rotatable bonds is 3. The Morgan fingerprint density at radius 3 is 2.50 bits per heavy atom. The number of aliphatic carboxylic acids is 1. The van der Waals surface area contributed by atoms with E-state index in [0.717, 1.165) is 0 Å². The second-order valence-corrected chi connectivity index (χ2v) is 8.38. The van der Waals surface area contributed by atoms with Gasteiger partial charge in [-0.05, 0) is 31.4 Å². The third-order valence-electron chi connectivity index (χ3n) is 5.07. The molecule has 1 aromatic rings. The Hall–Kier alpha value is -1.93. The lowest BCUT2D eigenvalue weighted by atomic mass is 9.78. The Labute approximate surface area is 140 Å². The lowest BCUT2D eigenvalue weighted by Crippen LogP contribution is -2.56. The average Bonchev–Trinajstić information content (AvgIpc) is 2.84. The number of carbonyl (C=O) groups is 2. The van der Waals surface area contributed by atoms with Gasteiger partial charge in [-0.3, -0.25) is 9.59 Å². The molecule has 1 spiro atoms. The maximum absolute atomic E-state index is 12.8. The van der Waals surface area contributed by atoms with Crippen LogP contribution < -0.4 is 5.32 Å². The van der Waals surface area contributed by atoms with E-state index in [2.05, 4.69) is 5.32 Å². The monoisotopic (exact) mass is 352 g/mol. The maximum Gasteiger partial charge on any atom is 0.309 e. The van der Waals surface area contributed by atoms with Crippen LogP contribution in [-0.2, 0) is 19.6 Å². The van der Waals surface area contributed by atoms with Crippen LogP contribution in [0, 0.1) is 12.8 Å². The van der Waals surface area contributed by atoms with Crippen molar-refractivity contribution in [1.29, 1.82) is 0 Å². The van der Waals surface area contributed by atoms with Crippen LogP contribution in [0.4, 0.5) is 0 Å². The van der Waals surface area contributed by atoms with Crippen LogP contribution in [0.5, 0.6) is 0 Å². The highest BCUT2D eigenvalue weighted by atomic mass is 32.2. The van der Waals surface area contributed by atoms with E-state index in [-0.39, 0.29) is 30.3 Å². The minimum Gasteiger partial charge on any atom is -0.481 e. The molecule has 0 saturated carbocycles. The highest BCUT2D eigenvalue weighted by molar-refractivity contribution is 7.89. The summed E-state index contributed by atoms with van der Waals surface area (Å²) in [6.07, 6.45) is 0.571. The Bertz CT molecular complexity index is 781. The van der Waals surface area contributed by atoms with Gasteiger partial charge in [-0.2, -0.15) is 4.31 Å². The Morgan fingerprint density at radius 2 is 1.92 bits per heavy atom. The summed E-state index contributed by atoms with van der Waals surface area (Å²) < 4.78 is 27.0. The van der Waals surface area contributed by atoms with Crippen molar-refractivity contribution in [2.24, 2.45) is 5.92 Å². The van der Waals surface area contributed by atoms with Gasteiger partial charge < -0.3 is 10.4 Å². The summed E-state index contributed by atoms with van der Waals surface area (Å²) in [7, 11) is -3.62. The molecule has 3 rings (SSSR count). The summed E-state index contributed by atoms with van der Waals surface area (Å²) in [4.78, 5) is 23.4. The molecule has 2 saturated heterocycles. The summed E-state index contributed by atoms with van der Waals surface area (Å²) in [5.74, 6) is -2.09. The van der Waals surface area contributed by atoms with E-state index in [4.69, 9.17) is 0 Å². The highest BCUT2D eigenvalue weighted by Gasteiger charge is 2.52. The zero-order chi connectivity index (χ0) is 17.5. The van der Waals surface area contributed by atoms with Crippen molar-refractivity contribution in [1.82, 2.24) is 9.62 Å². The van der Waals surface area contributed by atoms with Crippen LogP contribution in [0.3, 0.4) is 0 Å². The molecule has 0 bridgehead atoms. The van der Waals surface area contributed by atoms with Crippen LogP contribution in [0.2, 0.25) is 0 Å². The first-order chi connectivity index (χ1) is 11.3. The lowest BCUT2D eigenvalue weighted by Gasteiger charge is -2.40. The van der Waals surface area contributed by atoms with Crippen LogP contribution in [0.1, 0.15) is 24.8 Å². The lowest BCUT2D eigenvalue weighted by molar-refractivity contribution is -0.144. The molecule has 0 aromatic heterocycles. The van der Waals surface area contributed by atoms with E-state index >= 15 is 0 Å². The first kappa shape index (κ1) is 16.9. The van der Waals surface area contributed by atoms with E-state index in [1.807, 2.05) is 0 Å². The van der Waals surface area contributed by atoms with Crippen molar-refractivity contribution in [2.75, 3.05) is 13.1 Å². The van der Waals surface area contributed by atoms with Gasteiger partial charge >= 0.3 is 5.97 Å². The van der Waals surface area contributed by atoms with Gasteiger partial charge in [0.1, 0.15) is 0 Å². The second kappa shape index (κ2) is 5.86. The number of nitrogens with zero attached hydrogens (tertiary/aromatic N) is 1. The van der Waals surface area contributed by atoms with Crippen molar-refractivity contribution < 1.29 is 23.1 Å². The van der Waals surface area contributed by atoms with Crippen LogP contribution in [0.25, 0.3) is 0 Å². The molecule has 2 aliphatic heterocycles. The van der Waals surface area contributed by atoms with Crippen molar-refractivity contribution in [3.63, 3.8) is 0 Å². The normalized spacial score (nSPS) is 24.0. The fourth-order valence-corrected chi connectivity index (χ4v) is 5.37. The fourth-order valence-electron chi connectivity index (χ4n) is 3.70. The Balaban J connectivity index is 1.81. The SMILES string of the molecule is Cc1ccccc1S(=O)(=O)N1CCC2(CC1)NC(=O)C[C@@H]2C(=O)O. The molecule has 0 aliphatic carbocycles. The van der Waals surface area contributed by atoms with Crippen molar-refractivity contribution in [2.45, 2.75) is 36.6 Å². The zero-order valence-corrected chi connectivity index (χ0v) is 14.2. The molecule has 1 amide bonds. The minimum atomic E-state index is -3.62. The number of sulfonamides is 1. The third kappa shape index (κ3) is 2.69. The standard InChI is InChI=1S/C16H20N2O5S/c1-11-4-2-3-5-13(11)24(22,23)18-8-6-16(7-9-18)12(15(20)21)10-14(19)17-16/h2-5,12H,6-10H2,1H3,(H,17,19)(H,20,21)/t12-/m1/s1. The third-order valence-corrected chi connectivity index (χ3v) is 7.13. The molecule has 0 radical (unpaired) electrons. The summed E-state index contributed by atoms with van der Waals surface area (Å²) in [5, 5.41) is 12.1. The molecule has 8 heteroatoms. The van der Waals surface area contributed by atoms with Gasteiger partial charge in [0.05, 0.1) is 16.4 Å². The predicted molar refractivity (Wildman–Crippen MR) is 85.8 cm³/mol. The van der Waals surface area contributed by atoms with Crippen molar-refractivity contribution in [3.8, 4) is 0 Å². The van der Waals surface area contributed by atoms with Crippen LogP contribution in [0.15, 0.2) is 29.2 Å². The number of carbonyl (C=O) groups excluding carboxylic acids is 1. The molecule has 7 nitrogen and oxygen atoms in total. The number of carboxylic acids is 1. The second-order valence-electron chi connectivity index (χ2n) is 6.47. The number of aryl methyl sites for hydroxylation is 1. The first-order valence-electron chi connectivity index (χ1n) is 7.86. The molecule has 2 fully saturated rings. The number of amides is 1. The predicted octanol–water partition coefficient (Wildman–Crippen LogP) is 0.739. The molecular formula is C16H20N2O5S. The number of piperidine rings is 1. The van der Waals surface area contributed by atoms with Gasteiger partial charge in [-0.1, -0.05) is 18.2 Å². The smallest absolute Gasteiger partial charge is 0.309 e. The maximum atomic E-state index is 12.8. The minimum absolute atomic E-state index is 0.0418. The summed E-state index contributed by atoms with van der Waals surface area (Å²) in [5.41, 5.74) is -0.156. The van der Waals surface area contributed by atoms with E-state index in [0.29, 0.717) is 18.4 Å². The molecule has 24 heavy (non-hydrogen) atoms. The Morgan fingerprint density at radius 1 is 1.29 bits per heavy atom. The van der Waals surface area contributed by atoms with E-state index in [9.17, 15) is 23.1 Å². The first-order valence-corrected chi connectivity index (χ1v) is 9.30.